The predicted molar refractivity (Wildman–Crippen MR) is 156 cm³/mol. The van der Waals surface area contributed by atoms with Gasteiger partial charge in [-0.2, -0.15) is 0 Å². The van der Waals surface area contributed by atoms with E-state index in [4.69, 9.17) is 4.74 Å². The fraction of sp³-hybridized carbons (Fsp3) is 0.469. The van der Waals surface area contributed by atoms with Crippen molar-refractivity contribution in [2.45, 2.75) is 64.1 Å². The van der Waals surface area contributed by atoms with Gasteiger partial charge in [0.05, 0.1) is 30.7 Å². The van der Waals surface area contributed by atoms with Gasteiger partial charge in [0.2, 0.25) is 0 Å². The van der Waals surface area contributed by atoms with Crippen LogP contribution in [0.25, 0.3) is 11.3 Å². The molecule has 1 aliphatic carbocycles. The largest absolute Gasteiger partial charge is 0.449 e. The maximum atomic E-state index is 14.2. The smallest absolute Gasteiger partial charge is 0.407 e. The second-order valence-corrected chi connectivity index (χ2v) is 11.6. The molecule has 2 amide bonds. The predicted octanol–water partition coefficient (Wildman–Crippen LogP) is 5.35. The van der Waals surface area contributed by atoms with Crippen molar-refractivity contribution in [2.75, 3.05) is 26.2 Å². The van der Waals surface area contributed by atoms with Gasteiger partial charge in [-0.3, -0.25) is 4.79 Å². The first kappa shape index (κ1) is 29.7. The number of hydrogen-bond acceptors (Lipinski definition) is 5. The number of benzene rings is 2. The number of rotatable bonds is 8. The quantitative estimate of drug-likeness (QED) is 0.376. The van der Waals surface area contributed by atoms with Crippen LogP contribution < -0.4 is 10.6 Å². The average molecular weight is 580 g/mol. The number of nitrogens with zero attached hydrogens (tertiary/aromatic N) is 3. The van der Waals surface area contributed by atoms with Crippen LogP contribution in [0.1, 0.15) is 61.6 Å². The minimum Gasteiger partial charge on any atom is -0.449 e. The Morgan fingerprint density at radius 2 is 1.83 bits per heavy atom. The van der Waals surface area contributed by atoms with Gasteiger partial charge >= 0.3 is 6.09 Å². The maximum Gasteiger partial charge on any atom is 0.407 e. The van der Waals surface area contributed by atoms with Gasteiger partial charge < -0.3 is 24.8 Å². The molecule has 8 nitrogen and oxygen atoms in total. The number of halogens is 2. The van der Waals surface area contributed by atoms with Crippen molar-refractivity contribution < 1.29 is 23.1 Å². The SMILES string of the molecule is CC(C)COC(=O)N[C@H]1CCCC[C@@H]1n1cnc(C(=O)N2CCNC[C@H]2Cc2cc(F)cc(F)c2)c1-c1ccccc1. The van der Waals surface area contributed by atoms with Gasteiger partial charge in [-0.05, 0) is 42.9 Å². The fourth-order valence-electron chi connectivity index (χ4n) is 6.05. The first-order valence-corrected chi connectivity index (χ1v) is 14.8. The minimum absolute atomic E-state index is 0.108. The van der Waals surface area contributed by atoms with Crippen LogP contribution in [0.2, 0.25) is 0 Å². The van der Waals surface area contributed by atoms with Gasteiger partial charge in [0.1, 0.15) is 11.6 Å². The summed E-state index contributed by atoms with van der Waals surface area (Å²) in [5, 5.41) is 6.38. The maximum absolute atomic E-state index is 14.2. The average Bonchev–Trinajstić information content (AvgIpc) is 3.41. The van der Waals surface area contributed by atoms with Gasteiger partial charge in [-0.1, -0.05) is 57.0 Å². The molecule has 1 aromatic heterocycles. The summed E-state index contributed by atoms with van der Waals surface area (Å²) in [7, 11) is 0. The summed E-state index contributed by atoms with van der Waals surface area (Å²) >= 11 is 0. The number of carbonyl (C=O) groups excluding carboxylic acids is 2. The Hall–Kier alpha value is -3.79. The number of imidazole rings is 1. The van der Waals surface area contributed by atoms with E-state index in [0.29, 0.717) is 49.6 Å². The highest BCUT2D eigenvalue weighted by Gasteiger charge is 2.35. The Bertz CT molecular complexity index is 1360. The van der Waals surface area contributed by atoms with Crippen LogP contribution in [0.5, 0.6) is 0 Å². The topological polar surface area (TPSA) is 88.5 Å². The second kappa shape index (κ2) is 13.5. The lowest BCUT2D eigenvalue weighted by Gasteiger charge is -2.36. The number of piperazine rings is 1. The van der Waals surface area contributed by atoms with Crippen LogP contribution in [0.15, 0.2) is 54.9 Å². The van der Waals surface area contributed by atoms with Gasteiger partial charge in [0.25, 0.3) is 5.91 Å². The molecular weight excluding hydrogens is 540 g/mol. The van der Waals surface area contributed by atoms with Crippen molar-refractivity contribution >= 4 is 12.0 Å². The molecule has 2 N–H and O–H groups in total. The number of aromatic nitrogens is 2. The third-order valence-electron chi connectivity index (χ3n) is 7.99. The number of hydrogen-bond donors (Lipinski definition) is 2. The van der Waals surface area contributed by atoms with Crippen LogP contribution in [-0.4, -0.2) is 64.8 Å². The van der Waals surface area contributed by atoms with E-state index in [1.54, 1.807) is 11.2 Å². The molecular formula is C32H39F2N5O3. The molecule has 2 aliphatic rings. The normalized spacial score (nSPS) is 20.9. The lowest BCUT2D eigenvalue weighted by molar-refractivity contribution is 0.0631. The number of ether oxygens (including phenoxy) is 1. The standard InChI is InChI=1S/C32H39F2N5O3/c1-21(2)19-42-32(41)37-27-10-6-7-11-28(27)39-20-36-29(30(39)23-8-4-3-5-9-23)31(40)38-13-12-35-18-26(38)16-22-14-24(33)17-25(34)15-22/h3-5,8-9,14-15,17,20-21,26-28,35H,6-7,10-13,16,18-19H2,1-2H3,(H,37,41)/t26-,27+,28+/m1/s1. The number of nitrogens with one attached hydrogen (secondary N) is 2. The van der Waals surface area contributed by atoms with Crippen molar-refractivity contribution in [2.24, 2.45) is 5.92 Å². The fourth-order valence-corrected chi connectivity index (χ4v) is 6.05. The van der Waals surface area contributed by atoms with E-state index in [1.165, 1.54) is 12.1 Å². The first-order valence-electron chi connectivity index (χ1n) is 14.8. The molecule has 1 aliphatic heterocycles. The zero-order valence-electron chi connectivity index (χ0n) is 24.2. The molecule has 0 spiro atoms. The van der Waals surface area contributed by atoms with E-state index in [9.17, 15) is 18.4 Å². The van der Waals surface area contributed by atoms with Crippen molar-refractivity contribution in [3.63, 3.8) is 0 Å². The molecule has 42 heavy (non-hydrogen) atoms. The Kier molecular flexibility index (Phi) is 9.51. The lowest BCUT2D eigenvalue weighted by atomic mass is 9.89. The van der Waals surface area contributed by atoms with E-state index >= 15 is 0 Å². The van der Waals surface area contributed by atoms with E-state index < -0.39 is 17.7 Å². The Labute approximate surface area is 245 Å². The molecule has 0 bridgehead atoms. The molecule has 1 saturated heterocycles. The van der Waals surface area contributed by atoms with Gasteiger partial charge in [0.15, 0.2) is 5.69 Å². The van der Waals surface area contributed by atoms with Crippen molar-refractivity contribution in [3.05, 3.63) is 77.8 Å². The van der Waals surface area contributed by atoms with Crippen molar-refractivity contribution in [3.8, 4) is 11.3 Å². The summed E-state index contributed by atoms with van der Waals surface area (Å²) in [5.74, 6) is -1.27. The molecule has 1 saturated carbocycles. The Morgan fingerprint density at radius 1 is 1.10 bits per heavy atom. The molecule has 2 aromatic carbocycles. The molecule has 224 valence electrons. The summed E-state index contributed by atoms with van der Waals surface area (Å²) in [5.41, 5.74) is 2.37. The highest BCUT2D eigenvalue weighted by atomic mass is 19.1. The number of alkyl carbamates (subject to hydrolysis) is 1. The van der Waals surface area contributed by atoms with Crippen molar-refractivity contribution in [1.82, 2.24) is 25.1 Å². The summed E-state index contributed by atoms with van der Waals surface area (Å²) < 4.78 is 35.3. The second-order valence-electron chi connectivity index (χ2n) is 11.6. The zero-order valence-corrected chi connectivity index (χ0v) is 24.2. The third kappa shape index (κ3) is 6.98. The van der Waals surface area contributed by atoms with Crippen molar-refractivity contribution in [1.29, 1.82) is 0 Å². The lowest BCUT2D eigenvalue weighted by Crippen LogP contribution is -2.54. The van der Waals surface area contributed by atoms with E-state index in [-0.39, 0.29) is 30.0 Å². The molecule has 5 rings (SSSR count). The van der Waals surface area contributed by atoms with Gasteiger partial charge in [0, 0.05) is 37.3 Å². The highest BCUT2D eigenvalue weighted by Crippen LogP contribution is 2.35. The van der Waals surface area contributed by atoms with Crippen LogP contribution in [0, 0.1) is 17.6 Å². The van der Waals surface area contributed by atoms with E-state index in [2.05, 4.69) is 15.6 Å². The molecule has 2 fully saturated rings. The van der Waals surface area contributed by atoms with E-state index in [1.807, 2.05) is 48.7 Å². The number of amides is 2. The summed E-state index contributed by atoms with van der Waals surface area (Å²) in [6.07, 6.45) is 5.16. The minimum atomic E-state index is -0.638. The van der Waals surface area contributed by atoms with E-state index in [0.717, 1.165) is 37.3 Å². The van der Waals surface area contributed by atoms with Crippen LogP contribution in [0.3, 0.4) is 0 Å². The van der Waals surface area contributed by atoms with Crippen LogP contribution in [-0.2, 0) is 11.2 Å². The van der Waals surface area contributed by atoms with Gasteiger partial charge in [-0.25, -0.2) is 18.6 Å². The Balaban J connectivity index is 1.46. The Morgan fingerprint density at radius 3 is 2.57 bits per heavy atom. The number of carbonyl (C=O) groups is 2. The zero-order chi connectivity index (χ0) is 29.6. The molecule has 2 heterocycles. The third-order valence-corrected chi connectivity index (χ3v) is 7.99. The van der Waals surface area contributed by atoms with Gasteiger partial charge in [-0.15, -0.1) is 0 Å². The molecule has 3 aromatic rings. The summed E-state index contributed by atoms with van der Waals surface area (Å²) in [6.45, 7) is 5.87. The molecule has 3 atom stereocenters. The van der Waals surface area contributed by atoms with Crippen LogP contribution in [0.4, 0.5) is 13.6 Å². The molecule has 0 unspecified atom stereocenters. The summed E-state index contributed by atoms with van der Waals surface area (Å²) in [6, 6.07) is 12.6. The monoisotopic (exact) mass is 579 g/mol. The summed E-state index contributed by atoms with van der Waals surface area (Å²) in [4.78, 5) is 33.3. The molecule has 10 heteroatoms. The van der Waals surface area contributed by atoms with Crippen LogP contribution >= 0.6 is 0 Å². The highest BCUT2D eigenvalue weighted by molar-refractivity contribution is 5.98. The molecule has 0 radical (unpaired) electrons. The first-order chi connectivity index (χ1) is 20.3.